The van der Waals surface area contributed by atoms with Crippen LogP contribution < -0.4 is 5.32 Å². The van der Waals surface area contributed by atoms with Crippen molar-refractivity contribution in [2.45, 2.75) is 25.3 Å². The Bertz CT molecular complexity index is 68.8. The second-order valence-electron chi connectivity index (χ2n) is 2.04. The van der Waals surface area contributed by atoms with Gasteiger partial charge in [-0.25, -0.2) is 8.78 Å². The van der Waals surface area contributed by atoms with Gasteiger partial charge in [0.1, 0.15) is 0 Å². The Morgan fingerprint density at radius 1 is 1.50 bits per heavy atom. The highest BCUT2D eigenvalue weighted by Crippen LogP contribution is 2.11. The predicted octanol–water partition coefficient (Wildman–Crippen LogP) is 1.00. The number of nitrogens with one attached hydrogen (secondary N) is 1. The van der Waals surface area contributed by atoms with E-state index in [-0.39, 0.29) is 0 Å². The van der Waals surface area contributed by atoms with Crippen LogP contribution in [0.15, 0.2) is 0 Å². The lowest BCUT2D eigenvalue weighted by atomic mass is 10.2. The van der Waals surface area contributed by atoms with Crippen LogP contribution in [-0.4, -0.2) is 19.0 Å². The molecule has 1 nitrogen and oxygen atoms in total. The highest BCUT2D eigenvalue weighted by Gasteiger charge is 2.22. The standard InChI is InChI=1S/C5H9F2N/c6-5(7)4-2-1-3-8-4/h4-5,8H,1-3H2/t4-/m0/s1. The summed E-state index contributed by atoms with van der Waals surface area (Å²) >= 11 is 0. The molecule has 0 amide bonds. The Morgan fingerprint density at radius 2 is 2.25 bits per heavy atom. The maximum absolute atomic E-state index is 11.7. The van der Waals surface area contributed by atoms with Gasteiger partial charge in [0.15, 0.2) is 0 Å². The molecule has 0 aromatic heterocycles. The van der Waals surface area contributed by atoms with Crippen LogP contribution in [0.3, 0.4) is 0 Å². The van der Waals surface area contributed by atoms with Gasteiger partial charge in [0.05, 0.1) is 6.04 Å². The van der Waals surface area contributed by atoms with Crippen LogP contribution in [-0.2, 0) is 0 Å². The lowest BCUT2D eigenvalue weighted by Crippen LogP contribution is -2.28. The van der Waals surface area contributed by atoms with Gasteiger partial charge in [-0.1, -0.05) is 0 Å². The lowest BCUT2D eigenvalue weighted by molar-refractivity contribution is 0.107. The summed E-state index contributed by atoms with van der Waals surface area (Å²) < 4.78 is 23.4. The molecule has 0 radical (unpaired) electrons. The molecule has 0 aliphatic carbocycles. The van der Waals surface area contributed by atoms with Crippen molar-refractivity contribution in [1.82, 2.24) is 5.32 Å². The molecule has 1 atom stereocenters. The number of alkyl halides is 2. The van der Waals surface area contributed by atoms with Gasteiger partial charge in [-0.2, -0.15) is 0 Å². The van der Waals surface area contributed by atoms with Crippen molar-refractivity contribution in [3.8, 4) is 0 Å². The lowest BCUT2D eigenvalue weighted by Gasteiger charge is -2.05. The first-order valence-electron chi connectivity index (χ1n) is 2.82. The van der Waals surface area contributed by atoms with E-state index in [1.807, 2.05) is 0 Å². The third-order valence-electron chi connectivity index (χ3n) is 1.40. The topological polar surface area (TPSA) is 12.0 Å². The maximum atomic E-state index is 11.7. The summed E-state index contributed by atoms with van der Waals surface area (Å²) in [7, 11) is 0. The quantitative estimate of drug-likeness (QED) is 0.545. The molecule has 1 saturated heterocycles. The van der Waals surface area contributed by atoms with Crippen molar-refractivity contribution in [3.63, 3.8) is 0 Å². The zero-order chi connectivity index (χ0) is 5.98. The first-order chi connectivity index (χ1) is 3.80. The molecule has 0 aromatic carbocycles. The molecule has 0 unspecified atom stereocenters. The van der Waals surface area contributed by atoms with E-state index < -0.39 is 12.5 Å². The summed E-state index contributed by atoms with van der Waals surface area (Å²) in [4.78, 5) is 0. The highest BCUT2D eigenvalue weighted by atomic mass is 19.3. The first-order valence-corrected chi connectivity index (χ1v) is 2.82. The van der Waals surface area contributed by atoms with Crippen LogP contribution in [0.2, 0.25) is 0 Å². The van der Waals surface area contributed by atoms with Crippen LogP contribution in [0, 0.1) is 0 Å². The zero-order valence-electron chi connectivity index (χ0n) is 4.53. The van der Waals surface area contributed by atoms with Crippen molar-refractivity contribution in [2.24, 2.45) is 0 Å². The van der Waals surface area contributed by atoms with Gasteiger partial charge >= 0.3 is 0 Å². The van der Waals surface area contributed by atoms with Gasteiger partial charge in [0.2, 0.25) is 0 Å². The number of halogens is 2. The molecule has 48 valence electrons. The Hall–Kier alpha value is -0.180. The van der Waals surface area contributed by atoms with Crippen LogP contribution in [0.5, 0.6) is 0 Å². The summed E-state index contributed by atoms with van der Waals surface area (Å²) in [6.45, 7) is 0.759. The van der Waals surface area contributed by atoms with Crippen LogP contribution in [0.25, 0.3) is 0 Å². The minimum Gasteiger partial charge on any atom is -0.309 e. The van der Waals surface area contributed by atoms with Gasteiger partial charge in [-0.15, -0.1) is 0 Å². The van der Waals surface area contributed by atoms with E-state index in [2.05, 4.69) is 5.32 Å². The molecule has 1 aliphatic rings. The number of hydrogen-bond donors (Lipinski definition) is 1. The van der Waals surface area contributed by atoms with Crippen LogP contribution >= 0.6 is 0 Å². The third kappa shape index (κ3) is 1.15. The maximum Gasteiger partial charge on any atom is 0.253 e. The molecule has 1 heterocycles. The molecule has 0 saturated carbocycles. The second kappa shape index (κ2) is 2.40. The van der Waals surface area contributed by atoms with E-state index in [9.17, 15) is 8.78 Å². The second-order valence-corrected chi connectivity index (χ2v) is 2.04. The molecular weight excluding hydrogens is 112 g/mol. The van der Waals surface area contributed by atoms with Crippen molar-refractivity contribution in [3.05, 3.63) is 0 Å². The van der Waals surface area contributed by atoms with E-state index in [0.717, 1.165) is 13.0 Å². The SMILES string of the molecule is FC(F)[C@@H]1CCCN1. The summed E-state index contributed by atoms with van der Waals surface area (Å²) in [5.74, 6) is 0. The average molecular weight is 121 g/mol. The van der Waals surface area contributed by atoms with Gasteiger partial charge in [0.25, 0.3) is 6.43 Å². The fourth-order valence-electron chi connectivity index (χ4n) is 0.927. The molecule has 0 spiro atoms. The molecule has 1 aliphatic heterocycles. The molecule has 8 heavy (non-hydrogen) atoms. The molecular formula is C5H9F2N. The van der Waals surface area contributed by atoms with Crippen molar-refractivity contribution >= 4 is 0 Å². The van der Waals surface area contributed by atoms with E-state index in [0.29, 0.717) is 6.42 Å². The minimum absolute atomic E-state index is 0.519. The molecule has 1 rings (SSSR count). The fraction of sp³-hybridized carbons (Fsp3) is 1.00. The normalized spacial score (nSPS) is 29.6. The summed E-state index contributed by atoms with van der Waals surface area (Å²) in [5, 5.41) is 2.71. The largest absolute Gasteiger partial charge is 0.309 e. The summed E-state index contributed by atoms with van der Waals surface area (Å²) in [6, 6.07) is -0.519. The minimum atomic E-state index is -2.17. The van der Waals surface area contributed by atoms with Crippen LogP contribution in [0.4, 0.5) is 8.78 Å². The van der Waals surface area contributed by atoms with Crippen molar-refractivity contribution < 1.29 is 8.78 Å². The summed E-state index contributed by atoms with van der Waals surface area (Å²) in [6.07, 6.45) is -0.635. The summed E-state index contributed by atoms with van der Waals surface area (Å²) in [5.41, 5.74) is 0. The van der Waals surface area contributed by atoms with E-state index in [4.69, 9.17) is 0 Å². The monoisotopic (exact) mass is 121 g/mol. The van der Waals surface area contributed by atoms with E-state index in [1.54, 1.807) is 0 Å². The zero-order valence-corrected chi connectivity index (χ0v) is 4.53. The Labute approximate surface area is 47.1 Å². The fourth-order valence-corrected chi connectivity index (χ4v) is 0.927. The van der Waals surface area contributed by atoms with Gasteiger partial charge in [-0.3, -0.25) is 0 Å². The molecule has 3 heteroatoms. The molecule has 1 fully saturated rings. The molecule has 0 aromatic rings. The number of hydrogen-bond acceptors (Lipinski definition) is 1. The molecule has 1 N–H and O–H groups in total. The highest BCUT2D eigenvalue weighted by molar-refractivity contribution is 4.75. The molecule has 0 bridgehead atoms. The predicted molar refractivity (Wildman–Crippen MR) is 27.0 cm³/mol. The first kappa shape index (κ1) is 5.95. The van der Waals surface area contributed by atoms with Gasteiger partial charge in [-0.05, 0) is 19.4 Å². The van der Waals surface area contributed by atoms with Gasteiger partial charge < -0.3 is 5.32 Å². The third-order valence-corrected chi connectivity index (χ3v) is 1.40. The van der Waals surface area contributed by atoms with Gasteiger partial charge in [0, 0.05) is 0 Å². The Kier molecular flexibility index (Phi) is 1.78. The van der Waals surface area contributed by atoms with E-state index in [1.165, 1.54) is 0 Å². The van der Waals surface area contributed by atoms with Crippen LogP contribution in [0.1, 0.15) is 12.8 Å². The van der Waals surface area contributed by atoms with Crippen molar-refractivity contribution in [1.29, 1.82) is 0 Å². The smallest absolute Gasteiger partial charge is 0.253 e. The van der Waals surface area contributed by atoms with Crippen molar-refractivity contribution in [2.75, 3.05) is 6.54 Å². The Morgan fingerprint density at radius 3 is 2.50 bits per heavy atom. The Balaban J connectivity index is 2.24. The van der Waals surface area contributed by atoms with E-state index >= 15 is 0 Å². The average Bonchev–Trinajstić information content (AvgIpc) is 2.12. The number of rotatable bonds is 1.